The van der Waals surface area contributed by atoms with Gasteiger partial charge < -0.3 is 39.2 Å². The highest BCUT2D eigenvalue weighted by atomic mass is 35.5. The molecule has 0 radical (unpaired) electrons. The summed E-state index contributed by atoms with van der Waals surface area (Å²) in [6.45, 7) is 19.7. The average molecular weight is 919 g/mol. The molecule has 0 bridgehead atoms. The van der Waals surface area contributed by atoms with Gasteiger partial charge in [0, 0.05) is 78.8 Å². The molecule has 4 rings (SSSR count). The molecule has 0 spiro atoms. The number of benzene rings is 2. The van der Waals surface area contributed by atoms with Crippen molar-refractivity contribution in [2.45, 2.75) is 52.1 Å². The van der Waals surface area contributed by atoms with Crippen LogP contribution in [0.2, 0.25) is 35.7 Å². The van der Waals surface area contributed by atoms with Gasteiger partial charge in [0.15, 0.2) is 5.75 Å². The van der Waals surface area contributed by atoms with Gasteiger partial charge in [-0.05, 0) is 51.1 Å². The summed E-state index contributed by atoms with van der Waals surface area (Å²) in [6.07, 6.45) is 0.885. The lowest BCUT2D eigenvalue weighted by Gasteiger charge is -2.36. The van der Waals surface area contributed by atoms with Crippen molar-refractivity contribution in [3.63, 3.8) is 0 Å². The first kappa shape index (κ1) is 49.3. The van der Waals surface area contributed by atoms with E-state index in [1.54, 1.807) is 18.2 Å². The lowest BCUT2D eigenvalue weighted by atomic mass is 10.2. The Labute approximate surface area is 373 Å². The topological polar surface area (TPSA) is 189 Å². The summed E-state index contributed by atoms with van der Waals surface area (Å²) in [6, 6.07) is 8.16. The molecule has 0 atom stereocenters. The molecular formula is C41H57Cl2N9O9Si. The van der Waals surface area contributed by atoms with E-state index in [1.165, 1.54) is 49.5 Å². The minimum atomic E-state index is -1.47. The van der Waals surface area contributed by atoms with Gasteiger partial charge in [0.05, 0.1) is 25.6 Å². The first-order chi connectivity index (χ1) is 29.2. The molecule has 338 valence electrons. The van der Waals surface area contributed by atoms with E-state index in [1.807, 2.05) is 20.8 Å². The van der Waals surface area contributed by atoms with E-state index >= 15 is 0 Å². The molecule has 3 N–H and O–H groups in total. The molecule has 5 amide bonds. The number of carbonyl (C=O) groups excluding carboxylic acids is 4. The summed E-state index contributed by atoms with van der Waals surface area (Å²) in [4.78, 5) is 67.2. The Balaban J connectivity index is 1.47. The maximum atomic E-state index is 14.3. The number of hydrogen-bond acceptors (Lipinski definition) is 13. The molecule has 0 aliphatic carbocycles. The van der Waals surface area contributed by atoms with Crippen LogP contribution in [0.25, 0.3) is 0 Å². The molecule has 62 heavy (non-hydrogen) atoms. The number of halogens is 2. The van der Waals surface area contributed by atoms with Crippen LogP contribution in [0.5, 0.6) is 17.2 Å². The maximum absolute atomic E-state index is 14.3. The Morgan fingerprint density at radius 2 is 1.58 bits per heavy atom. The smallest absolute Gasteiger partial charge is 0.418 e. The standard InChI is InChI=1S/C41H57Cl2N9O9Si/c1-11-34(53)47-28-22-27(51-18-16-50(17-19-51)15-14-44-38(54)61-41(2,3)4)12-13-29(28)60-39(55)48-32-24-33(46-25-45-32)49(5)40(56)52(26-59-20-21-62(8,9)10)37-35(42)30(57-6)23-31(58-7)36(37)43/h11-13,22-25H,1,14-21,26H2,2-10H3,(H,44,54)(H,47,53)(H,45,46,48,55). The van der Waals surface area contributed by atoms with Crippen LogP contribution in [-0.2, 0) is 14.3 Å². The zero-order chi connectivity index (χ0) is 45.8. The normalized spacial score (nSPS) is 13.1. The van der Waals surface area contributed by atoms with Gasteiger partial charge in [-0.1, -0.05) is 49.4 Å². The number of urea groups is 1. The van der Waals surface area contributed by atoms with Gasteiger partial charge in [0.25, 0.3) is 0 Å². The van der Waals surface area contributed by atoms with Gasteiger partial charge in [-0.3, -0.25) is 24.8 Å². The number of methoxy groups -OCH3 is 2. The molecule has 1 aliphatic rings. The van der Waals surface area contributed by atoms with Crippen molar-refractivity contribution in [2.24, 2.45) is 0 Å². The van der Waals surface area contributed by atoms with E-state index in [0.717, 1.165) is 30.9 Å². The molecule has 3 aromatic rings. The van der Waals surface area contributed by atoms with E-state index in [9.17, 15) is 19.2 Å². The number of ether oxygens (including phenoxy) is 5. The SMILES string of the molecule is C=CC(=O)Nc1cc(N2CCN(CCNC(=O)OC(C)(C)C)CC2)ccc1OC(=O)Nc1cc(N(C)C(=O)N(COCC[Si](C)(C)C)c2c(Cl)c(OC)cc(OC)c2Cl)ncn1. The summed E-state index contributed by atoms with van der Waals surface area (Å²) in [5, 5.41) is 8.17. The molecule has 1 aliphatic heterocycles. The summed E-state index contributed by atoms with van der Waals surface area (Å²) < 4.78 is 27.9. The zero-order valence-electron chi connectivity index (χ0n) is 36.7. The number of piperazine rings is 1. The molecule has 1 fully saturated rings. The van der Waals surface area contributed by atoms with E-state index in [4.69, 9.17) is 46.9 Å². The Morgan fingerprint density at radius 1 is 0.919 bits per heavy atom. The largest absolute Gasteiger partial charge is 0.495 e. The molecule has 1 saturated heterocycles. The van der Waals surface area contributed by atoms with Crippen LogP contribution in [0, 0.1) is 0 Å². The van der Waals surface area contributed by atoms with Crippen molar-refractivity contribution in [1.29, 1.82) is 0 Å². The van der Waals surface area contributed by atoms with Crippen LogP contribution in [0.15, 0.2) is 49.3 Å². The fourth-order valence-corrected chi connectivity index (χ4v) is 7.37. The molecular weight excluding hydrogens is 861 g/mol. The van der Waals surface area contributed by atoms with Crippen molar-refractivity contribution in [3.8, 4) is 17.2 Å². The first-order valence-electron chi connectivity index (χ1n) is 19.8. The summed E-state index contributed by atoms with van der Waals surface area (Å²) in [7, 11) is 2.86. The average Bonchev–Trinajstić information content (AvgIpc) is 3.21. The molecule has 2 aromatic carbocycles. The summed E-state index contributed by atoms with van der Waals surface area (Å²) in [5.41, 5.74) is 0.559. The van der Waals surface area contributed by atoms with Crippen molar-refractivity contribution >= 4 is 84.1 Å². The second kappa shape index (κ2) is 22.1. The Bertz CT molecular complexity index is 2050. The lowest BCUT2D eigenvalue weighted by Crippen LogP contribution is -2.48. The molecule has 18 nitrogen and oxygen atoms in total. The third kappa shape index (κ3) is 14.4. The van der Waals surface area contributed by atoms with Gasteiger partial charge in [0.1, 0.15) is 51.8 Å². The predicted molar refractivity (Wildman–Crippen MR) is 245 cm³/mol. The Morgan fingerprint density at radius 3 is 2.18 bits per heavy atom. The number of nitrogens with zero attached hydrogens (tertiary/aromatic N) is 6. The predicted octanol–water partition coefficient (Wildman–Crippen LogP) is 7.56. The van der Waals surface area contributed by atoms with Crippen LogP contribution in [0.1, 0.15) is 20.8 Å². The lowest BCUT2D eigenvalue weighted by molar-refractivity contribution is -0.111. The fraction of sp³-hybridized carbons (Fsp3) is 0.463. The van der Waals surface area contributed by atoms with Gasteiger partial charge in [-0.15, -0.1) is 0 Å². The van der Waals surface area contributed by atoms with Gasteiger partial charge in [-0.2, -0.15) is 0 Å². The summed E-state index contributed by atoms with van der Waals surface area (Å²) in [5.74, 6) is 0.0950. The molecule has 0 unspecified atom stereocenters. The fourth-order valence-electron chi connectivity index (χ4n) is 5.91. The van der Waals surface area contributed by atoms with E-state index < -0.39 is 37.8 Å². The molecule has 1 aromatic heterocycles. The van der Waals surface area contributed by atoms with Gasteiger partial charge >= 0.3 is 18.2 Å². The third-order valence-corrected chi connectivity index (χ3v) is 11.7. The maximum Gasteiger partial charge on any atom is 0.418 e. The quantitative estimate of drug-likeness (QED) is 0.0521. The minimum absolute atomic E-state index is 0.00385. The van der Waals surface area contributed by atoms with Crippen LogP contribution < -0.4 is 44.9 Å². The van der Waals surface area contributed by atoms with Crippen LogP contribution in [-0.4, -0.2) is 127 Å². The van der Waals surface area contributed by atoms with Gasteiger partial charge in [0.2, 0.25) is 5.91 Å². The van der Waals surface area contributed by atoms with Crippen molar-refractivity contribution in [3.05, 3.63) is 59.4 Å². The number of carbonyl (C=O) groups is 4. The number of alkyl carbamates (subject to hydrolysis) is 1. The number of nitrogens with one attached hydrogen (secondary N) is 3. The highest BCUT2D eigenvalue weighted by molar-refractivity contribution is 6.76. The molecule has 2 heterocycles. The van der Waals surface area contributed by atoms with Crippen molar-refractivity contribution in [1.82, 2.24) is 20.2 Å². The Kier molecular flexibility index (Phi) is 17.6. The highest BCUT2D eigenvalue weighted by Crippen LogP contribution is 2.46. The van der Waals surface area contributed by atoms with Gasteiger partial charge in [-0.25, -0.2) is 24.4 Å². The van der Waals surface area contributed by atoms with Crippen LogP contribution in [0.4, 0.5) is 43.1 Å². The number of rotatable bonds is 17. The number of amides is 5. The van der Waals surface area contributed by atoms with E-state index in [-0.39, 0.29) is 57.0 Å². The van der Waals surface area contributed by atoms with Crippen molar-refractivity contribution < 1.29 is 42.9 Å². The second-order valence-electron chi connectivity index (χ2n) is 16.3. The molecule has 0 saturated carbocycles. The number of anilines is 5. The number of aromatic nitrogens is 2. The van der Waals surface area contributed by atoms with Crippen LogP contribution >= 0.6 is 23.2 Å². The zero-order valence-corrected chi connectivity index (χ0v) is 39.2. The Hall–Kier alpha value is -5.34. The minimum Gasteiger partial charge on any atom is -0.495 e. The molecule has 21 heteroatoms. The second-order valence-corrected chi connectivity index (χ2v) is 22.7. The summed E-state index contributed by atoms with van der Waals surface area (Å²) >= 11 is 13.5. The number of hydrogen-bond donors (Lipinski definition) is 3. The van der Waals surface area contributed by atoms with E-state index in [2.05, 4.69) is 61.9 Å². The highest BCUT2D eigenvalue weighted by Gasteiger charge is 2.30. The first-order valence-corrected chi connectivity index (χ1v) is 24.2. The van der Waals surface area contributed by atoms with Crippen molar-refractivity contribution in [2.75, 3.05) is 99.2 Å². The monoisotopic (exact) mass is 917 g/mol. The third-order valence-electron chi connectivity index (χ3n) is 9.22. The van der Waals surface area contributed by atoms with E-state index in [0.29, 0.717) is 32.8 Å². The van der Waals surface area contributed by atoms with Crippen LogP contribution in [0.3, 0.4) is 0 Å².